The maximum atomic E-state index is 5.78. The Balaban J connectivity index is 1.82. The quantitative estimate of drug-likeness (QED) is 0.295. The molecule has 122 valence electrons. The number of ether oxygens (including phenoxy) is 2. The Morgan fingerprint density at radius 3 is 2.86 bits per heavy atom. The first kappa shape index (κ1) is 17.7. The molecule has 5 nitrogen and oxygen atoms in total. The number of fused-ring (bicyclic) bond motifs is 1. The molecule has 0 N–H and O–H groups in total. The van der Waals surface area contributed by atoms with Crippen LogP contribution in [0.5, 0.6) is 11.6 Å². The van der Waals surface area contributed by atoms with Crippen LogP contribution in [0.25, 0.3) is 11.0 Å². The normalized spacial score (nSPS) is 12.5. The van der Waals surface area contributed by atoms with Crippen LogP contribution < -0.4 is 9.47 Å². The van der Waals surface area contributed by atoms with E-state index in [4.69, 9.17) is 18.2 Å². The molecule has 0 radical (unpaired) electrons. The number of benzene rings is 1. The first-order valence-electron chi connectivity index (χ1n) is 7.29. The topological polar surface area (TPSA) is 53.7 Å². The highest BCUT2D eigenvalue weighted by Crippen LogP contribution is 2.28. The Labute approximate surface area is 146 Å². The molecular formula is C15H20INO4S. The minimum atomic E-state index is 0.533. The van der Waals surface area contributed by atoms with Crippen molar-refractivity contribution in [1.29, 1.82) is 0 Å². The molecule has 1 atom stereocenters. The number of nitrogens with zero attached hydrogens (tertiary/aromatic N) is 1. The monoisotopic (exact) mass is 437 g/mol. The minimum absolute atomic E-state index is 0.533. The van der Waals surface area contributed by atoms with E-state index >= 15 is 0 Å². The Bertz CT molecular complexity index is 578. The summed E-state index contributed by atoms with van der Waals surface area (Å²) in [6, 6.07) is 5.69. The predicted octanol–water partition coefficient (Wildman–Crippen LogP) is 5.04. The second-order valence-corrected chi connectivity index (χ2v) is 6.44. The van der Waals surface area contributed by atoms with Crippen molar-refractivity contribution < 1.29 is 18.2 Å². The summed E-state index contributed by atoms with van der Waals surface area (Å²) >= 11 is 2.13. The third-order valence-corrected chi connectivity index (χ3v) is 4.33. The summed E-state index contributed by atoms with van der Waals surface area (Å²) in [7, 11) is 1.38. The fourth-order valence-corrected chi connectivity index (χ4v) is 2.73. The maximum Gasteiger partial charge on any atom is 0.262 e. The van der Waals surface area contributed by atoms with Gasteiger partial charge in [0.1, 0.15) is 5.75 Å². The highest BCUT2D eigenvalue weighted by Gasteiger charge is 2.10. The summed E-state index contributed by atoms with van der Waals surface area (Å²) in [5, 5.41) is 4.78. The van der Waals surface area contributed by atoms with E-state index in [1.807, 2.05) is 25.1 Å². The maximum absolute atomic E-state index is 5.78. The van der Waals surface area contributed by atoms with Gasteiger partial charge in [0, 0.05) is 27.3 Å². The molecule has 1 aromatic carbocycles. The van der Waals surface area contributed by atoms with E-state index in [9.17, 15) is 0 Å². The summed E-state index contributed by atoms with van der Waals surface area (Å²) in [5.74, 6) is 1.89. The van der Waals surface area contributed by atoms with Crippen LogP contribution in [0.15, 0.2) is 22.7 Å². The van der Waals surface area contributed by atoms with E-state index in [1.165, 1.54) is 9.21 Å². The van der Waals surface area contributed by atoms with Crippen molar-refractivity contribution in [3.05, 3.63) is 18.2 Å². The molecule has 7 heteroatoms. The average molecular weight is 437 g/mol. The van der Waals surface area contributed by atoms with Crippen LogP contribution in [-0.4, -0.2) is 25.0 Å². The molecule has 22 heavy (non-hydrogen) atoms. The van der Waals surface area contributed by atoms with E-state index in [-0.39, 0.29) is 0 Å². The average Bonchev–Trinajstić information content (AvgIpc) is 2.90. The van der Waals surface area contributed by atoms with Crippen molar-refractivity contribution in [2.75, 3.05) is 19.8 Å². The van der Waals surface area contributed by atoms with Gasteiger partial charge in [-0.25, -0.2) is 0 Å². The summed E-state index contributed by atoms with van der Waals surface area (Å²) in [4.78, 5) is 0. The minimum Gasteiger partial charge on any atom is -0.493 e. The molecule has 0 amide bonds. The van der Waals surface area contributed by atoms with Crippen LogP contribution in [0.2, 0.25) is 0 Å². The molecule has 0 aliphatic heterocycles. The van der Waals surface area contributed by atoms with Gasteiger partial charge in [-0.3, -0.25) is 0 Å². The van der Waals surface area contributed by atoms with Gasteiger partial charge in [0.25, 0.3) is 5.88 Å². The molecule has 0 aliphatic rings. The molecular weight excluding hydrogens is 417 g/mol. The lowest BCUT2D eigenvalue weighted by Crippen LogP contribution is -2.06. The Kier molecular flexibility index (Phi) is 7.61. The van der Waals surface area contributed by atoms with Gasteiger partial charge in [0.2, 0.25) is 0 Å². The lowest BCUT2D eigenvalue weighted by atomic mass is 10.1. The number of rotatable bonds is 10. The third-order valence-electron chi connectivity index (χ3n) is 3.31. The molecule has 2 aromatic rings. The zero-order chi connectivity index (χ0) is 15.8. The smallest absolute Gasteiger partial charge is 0.262 e. The lowest BCUT2D eigenvalue weighted by Gasteiger charge is -2.11. The fourth-order valence-electron chi connectivity index (χ4n) is 2.03. The van der Waals surface area contributed by atoms with Crippen LogP contribution in [0.4, 0.5) is 0 Å². The molecule has 1 unspecified atom stereocenters. The van der Waals surface area contributed by atoms with Crippen molar-refractivity contribution in [3.8, 4) is 11.6 Å². The summed E-state index contributed by atoms with van der Waals surface area (Å²) < 4.78 is 21.7. The number of hydrogen-bond donors (Lipinski definition) is 0. The second-order valence-electron chi connectivity index (χ2n) is 4.99. The standard InChI is InChI=1S/C15H20INO4S/c1-3-18-15-13-5-4-12(10-14(13)21-17-15)19-8-6-11(2)7-9-20-22-16/h4-5,10-11H,3,6-9H2,1-2H3. The van der Waals surface area contributed by atoms with Crippen LogP contribution in [-0.2, 0) is 4.18 Å². The van der Waals surface area contributed by atoms with Crippen LogP contribution >= 0.6 is 30.4 Å². The first-order chi connectivity index (χ1) is 10.7. The van der Waals surface area contributed by atoms with Gasteiger partial charge < -0.3 is 18.2 Å². The molecule has 0 aliphatic carbocycles. The van der Waals surface area contributed by atoms with E-state index in [1.54, 1.807) is 0 Å². The van der Waals surface area contributed by atoms with E-state index in [2.05, 4.69) is 33.3 Å². The lowest BCUT2D eigenvalue weighted by molar-refractivity contribution is 0.259. The Hall–Kier alpha value is -0.670. The first-order valence-corrected chi connectivity index (χ1v) is 10.6. The van der Waals surface area contributed by atoms with Gasteiger partial charge in [0.05, 0.1) is 34.4 Å². The van der Waals surface area contributed by atoms with Crippen molar-refractivity contribution in [2.24, 2.45) is 5.92 Å². The zero-order valence-electron chi connectivity index (χ0n) is 12.7. The van der Waals surface area contributed by atoms with Crippen molar-refractivity contribution in [3.63, 3.8) is 0 Å². The van der Waals surface area contributed by atoms with Gasteiger partial charge in [-0.15, -0.1) is 0 Å². The van der Waals surface area contributed by atoms with Crippen LogP contribution in [0.3, 0.4) is 0 Å². The fraction of sp³-hybridized carbons (Fsp3) is 0.533. The second kappa shape index (κ2) is 9.46. The predicted molar refractivity (Wildman–Crippen MR) is 96.6 cm³/mol. The van der Waals surface area contributed by atoms with E-state index in [0.29, 0.717) is 30.6 Å². The Morgan fingerprint density at radius 1 is 1.27 bits per heavy atom. The molecule has 2 rings (SSSR count). The molecule has 0 spiro atoms. The number of hydrogen-bond acceptors (Lipinski definition) is 6. The van der Waals surface area contributed by atoms with Crippen molar-refractivity contribution in [2.45, 2.75) is 26.7 Å². The largest absolute Gasteiger partial charge is 0.493 e. The van der Waals surface area contributed by atoms with Crippen LogP contribution in [0, 0.1) is 5.92 Å². The third kappa shape index (κ3) is 5.20. The molecule has 0 saturated heterocycles. The van der Waals surface area contributed by atoms with Gasteiger partial charge in [0.15, 0.2) is 5.58 Å². The summed E-state index contributed by atoms with van der Waals surface area (Å²) in [6.07, 6.45) is 2.03. The highest BCUT2D eigenvalue weighted by atomic mass is 127. The summed E-state index contributed by atoms with van der Waals surface area (Å²) in [6.45, 7) is 6.15. The van der Waals surface area contributed by atoms with E-state index < -0.39 is 0 Å². The molecule has 1 aromatic heterocycles. The molecule has 0 saturated carbocycles. The van der Waals surface area contributed by atoms with Crippen molar-refractivity contribution in [1.82, 2.24) is 5.16 Å². The van der Waals surface area contributed by atoms with Crippen molar-refractivity contribution >= 4 is 41.4 Å². The van der Waals surface area contributed by atoms with Gasteiger partial charge >= 0.3 is 0 Å². The molecule has 0 fully saturated rings. The van der Waals surface area contributed by atoms with Gasteiger partial charge in [-0.05, 0) is 43.0 Å². The number of halogens is 1. The molecule has 1 heterocycles. The van der Waals surface area contributed by atoms with E-state index in [0.717, 1.165) is 30.6 Å². The SMILES string of the molecule is CCOc1noc2cc(OCCC(C)CCOSI)ccc12. The molecule has 0 bridgehead atoms. The summed E-state index contributed by atoms with van der Waals surface area (Å²) in [5.41, 5.74) is 0.682. The zero-order valence-corrected chi connectivity index (χ0v) is 15.7. The highest BCUT2D eigenvalue weighted by molar-refractivity contribution is 14.2. The van der Waals surface area contributed by atoms with Gasteiger partial charge in [-0.1, -0.05) is 6.92 Å². The van der Waals surface area contributed by atoms with Gasteiger partial charge in [-0.2, -0.15) is 0 Å². The number of aromatic nitrogens is 1. The van der Waals surface area contributed by atoms with Crippen LogP contribution in [0.1, 0.15) is 26.7 Å². The Morgan fingerprint density at radius 2 is 2.09 bits per heavy atom.